The standard InChI is InChI=1S/C17H24Cl2O4/c1-17(23,16(21)22)11-14(20)7-5-3-2-4-6-12-8-9-13(18)10-15(12)19/h8-10,14,20,23H,2-7,11H2,1H3,(H,21,22)/t14-,17-/m0/s1. The zero-order chi connectivity index (χ0) is 17.5. The van der Waals surface area contributed by atoms with E-state index in [0.29, 0.717) is 16.5 Å². The van der Waals surface area contributed by atoms with Gasteiger partial charge in [-0.05, 0) is 43.9 Å². The fourth-order valence-corrected chi connectivity index (χ4v) is 2.92. The lowest BCUT2D eigenvalue weighted by molar-refractivity contribution is -0.159. The zero-order valence-electron chi connectivity index (χ0n) is 13.3. The van der Waals surface area contributed by atoms with Crippen molar-refractivity contribution < 1.29 is 20.1 Å². The van der Waals surface area contributed by atoms with Gasteiger partial charge in [0.1, 0.15) is 0 Å². The lowest BCUT2D eigenvalue weighted by Gasteiger charge is -2.21. The third kappa shape index (κ3) is 7.53. The molecule has 0 bridgehead atoms. The molecule has 0 saturated heterocycles. The van der Waals surface area contributed by atoms with E-state index in [0.717, 1.165) is 37.7 Å². The van der Waals surface area contributed by atoms with Crippen LogP contribution in [0, 0.1) is 0 Å². The van der Waals surface area contributed by atoms with Crippen LogP contribution >= 0.6 is 23.2 Å². The van der Waals surface area contributed by atoms with Gasteiger partial charge in [-0.2, -0.15) is 0 Å². The van der Waals surface area contributed by atoms with Crippen LogP contribution in [-0.2, 0) is 11.2 Å². The summed E-state index contributed by atoms with van der Waals surface area (Å²) >= 11 is 12.0. The van der Waals surface area contributed by atoms with Crippen LogP contribution in [0.5, 0.6) is 0 Å². The highest BCUT2D eigenvalue weighted by Gasteiger charge is 2.32. The number of unbranched alkanes of at least 4 members (excludes halogenated alkanes) is 3. The maximum Gasteiger partial charge on any atom is 0.335 e. The first kappa shape index (κ1) is 20.2. The number of rotatable bonds is 10. The molecule has 0 aliphatic heterocycles. The largest absolute Gasteiger partial charge is 0.479 e. The van der Waals surface area contributed by atoms with Crippen LogP contribution in [0.3, 0.4) is 0 Å². The molecule has 4 nitrogen and oxygen atoms in total. The van der Waals surface area contributed by atoms with E-state index in [9.17, 15) is 15.0 Å². The van der Waals surface area contributed by atoms with Crippen molar-refractivity contribution in [1.82, 2.24) is 0 Å². The highest BCUT2D eigenvalue weighted by Crippen LogP contribution is 2.23. The maximum atomic E-state index is 10.8. The molecule has 3 N–H and O–H groups in total. The number of aliphatic hydroxyl groups excluding tert-OH is 1. The van der Waals surface area contributed by atoms with Gasteiger partial charge in [-0.1, -0.05) is 48.5 Å². The smallest absolute Gasteiger partial charge is 0.335 e. The quantitative estimate of drug-likeness (QED) is 0.548. The van der Waals surface area contributed by atoms with E-state index in [2.05, 4.69) is 0 Å². The molecule has 0 radical (unpaired) electrons. The molecule has 0 heterocycles. The SMILES string of the molecule is C[C@](O)(C[C@@H](O)CCCCCCc1ccc(Cl)cc1Cl)C(=O)O. The van der Waals surface area contributed by atoms with Crippen molar-refractivity contribution in [2.75, 3.05) is 0 Å². The van der Waals surface area contributed by atoms with E-state index in [1.165, 1.54) is 6.92 Å². The first-order chi connectivity index (χ1) is 10.7. The molecule has 0 saturated carbocycles. The number of halogens is 2. The number of carbonyl (C=O) groups is 1. The Hall–Kier alpha value is -0.810. The highest BCUT2D eigenvalue weighted by molar-refractivity contribution is 6.35. The van der Waals surface area contributed by atoms with Crippen molar-refractivity contribution in [2.45, 2.75) is 63.6 Å². The number of aliphatic hydroxyl groups is 2. The molecule has 6 heteroatoms. The molecule has 0 aliphatic rings. The molecular formula is C17H24Cl2O4. The van der Waals surface area contributed by atoms with E-state index < -0.39 is 17.7 Å². The third-order valence-corrected chi connectivity index (χ3v) is 4.43. The van der Waals surface area contributed by atoms with Crippen molar-refractivity contribution in [3.63, 3.8) is 0 Å². The fraction of sp³-hybridized carbons (Fsp3) is 0.588. The van der Waals surface area contributed by atoms with Crippen LogP contribution < -0.4 is 0 Å². The van der Waals surface area contributed by atoms with Crippen molar-refractivity contribution in [3.8, 4) is 0 Å². The van der Waals surface area contributed by atoms with Gasteiger partial charge in [0.05, 0.1) is 6.10 Å². The van der Waals surface area contributed by atoms with Gasteiger partial charge < -0.3 is 15.3 Å². The van der Waals surface area contributed by atoms with Gasteiger partial charge in [0, 0.05) is 16.5 Å². The van der Waals surface area contributed by atoms with Gasteiger partial charge in [0.15, 0.2) is 5.60 Å². The number of aryl methyl sites for hydroxylation is 1. The average molecular weight is 363 g/mol. The number of hydrogen-bond acceptors (Lipinski definition) is 3. The minimum atomic E-state index is -1.87. The van der Waals surface area contributed by atoms with Gasteiger partial charge in [0.2, 0.25) is 0 Å². The molecule has 0 aromatic heterocycles. The molecule has 23 heavy (non-hydrogen) atoms. The van der Waals surface area contributed by atoms with E-state index in [4.69, 9.17) is 28.3 Å². The molecule has 1 rings (SSSR count). The van der Waals surface area contributed by atoms with Crippen molar-refractivity contribution in [3.05, 3.63) is 33.8 Å². The summed E-state index contributed by atoms with van der Waals surface area (Å²) in [6.45, 7) is 1.20. The summed E-state index contributed by atoms with van der Waals surface area (Å²) < 4.78 is 0. The molecular weight excluding hydrogens is 339 g/mol. The second-order valence-electron chi connectivity index (χ2n) is 6.13. The van der Waals surface area contributed by atoms with E-state index in [1.54, 1.807) is 6.07 Å². The number of carboxylic acid groups (broad SMARTS) is 1. The second-order valence-corrected chi connectivity index (χ2v) is 6.97. The topological polar surface area (TPSA) is 77.8 Å². The first-order valence-corrected chi connectivity index (χ1v) is 8.56. The molecule has 130 valence electrons. The van der Waals surface area contributed by atoms with Crippen LogP contribution in [-0.4, -0.2) is 33.0 Å². The van der Waals surface area contributed by atoms with Gasteiger partial charge in [-0.3, -0.25) is 0 Å². The van der Waals surface area contributed by atoms with Gasteiger partial charge in [-0.15, -0.1) is 0 Å². The number of hydrogen-bond donors (Lipinski definition) is 3. The predicted octanol–water partition coefficient (Wildman–Crippen LogP) is 4.07. The van der Waals surface area contributed by atoms with Crippen molar-refractivity contribution >= 4 is 29.2 Å². The molecule has 2 atom stereocenters. The van der Waals surface area contributed by atoms with E-state index >= 15 is 0 Å². The van der Waals surface area contributed by atoms with Crippen LogP contribution in [0.25, 0.3) is 0 Å². The van der Waals surface area contributed by atoms with E-state index in [-0.39, 0.29) is 6.42 Å². The Morgan fingerprint density at radius 3 is 2.48 bits per heavy atom. The zero-order valence-corrected chi connectivity index (χ0v) is 14.8. The first-order valence-electron chi connectivity index (χ1n) is 7.80. The monoisotopic (exact) mass is 362 g/mol. The summed E-state index contributed by atoms with van der Waals surface area (Å²) in [6.07, 6.45) is 4.15. The summed E-state index contributed by atoms with van der Waals surface area (Å²) in [5, 5.41) is 29.5. The second kappa shape index (κ2) is 9.48. The lowest BCUT2D eigenvalue weighted by Crippen LogP contribution is -2.38. The molecule has 0 amide bonds. The minimum absolute atomic E-state index is 0.150. The van der Waals surface area contributed by atoms with Gasteiger partial charge in [-0.25, -0.2) is 4.79 Å². The van der Waals surface area contributed by atoms with Crippen molar-refractivity contribution in [2.24, 2.45) is 0 Å². The number of benzene rings is 1. The molecule has 1 aromatic carbocycles. The summed E-state index contributed by atoms with van der Waals surface area (Å²) in [4.78, 5) is 10.8. The van der Waals surface area contributed by atoms with Crippen LogP contribution in [0.1, 0.15) is 51.0 Å². The van der Waals surface area contributed by atoms with Crippen LogP contribution in [0.2, 0.25) is 10.0 Å². The van der Waals surface area contributed by atoms with Gasteiger partial charge in [0.25, 0.3) is 0 Å². The van der Waals surface area contributed by atoms with Gasteiger partial charge >= 0.3 is 5.97 Å². The Morgan fingerprint density at radius 2 is 1.87 bits per heavy atom. The molecule has 0 spiro atoms. The Bertz CT molecular complexity index is 517. The van der Waals surface area contributed by atoms with Crippen LogP contribution in [0.4, 0.5) is 0 Å². The summed E-state index contributed by atoms with van der Waals surface area (Å²) in [7, 11) is 0. The molecule has 0 unspecified atom stereocenters. The van der Waals surface area contributed by atoms with Crippen LogP contribution in [0.15, 0.2) is 18.2 Å². The maximum absolute atomic E-state index is 10.8. The third-order valence-electron chi connectivity index (χ3n) is 3.84. The lowest BCUT2D eigenvalue weighted by atomic mass is 9.95. The molecule has 1 aromatic rings. The Kier molecular flexibility index (Phi) is 8.34. The Labute approximate surface area is 147 Å². The van der Waals surface area contributed by atoms with Crippen molar-refractivity contribution in [1.29, 1.82) is 0 Å². The molecule has 0 fully saturated rings. The predicted molar refractivity (Wildman–Crippen MR) is 92.1 cm³/mol. The Morgan fingerprint density at radius 1 is 1.22 bits per heavy atom. The minimum Gasteiger partial charge on any atom is -0.479 e. The summed E-state index contributed by atoms with van der Waals surface area (Å²) in [6, 6.07) is 5.50. The number of carboxylic acids is 1. The highest BCUT2D eigenvalue weighted by atomic mass is 35.5. The average Bonchev–Trinajstić information content (AvgIpc) is 2.43. The normalized spacial score (nSPS) is 15.2. The fourth-order valence-electron chi connectivity index (χ4n) is 2.42. The van der Waals surface area contributed by atoms with E-state index in [1.807, 2.05) is 12.1 Å². The molecule has 0 aliphatic carbocycles. The Balaban J connectivity index is 2.17. The summed E-state index contributed by atoms with van der Waals surface area (Å²) in [5.74, 6) is -1.31. The number of aliphatic carboxylic acids is 1. The summed E-state index contributed by atoms with van der Waals surface area (Å²) in [5.41, 5.74) is -0.793.